The van der Waals surface area contributed by atoms with Crippen LogP contribution in [0.15, 0.2) is 53.3 Å². The van der Waals surface area contributed by atoms with Gasteiger partial charge in [0.25, 0.3) is 11.5 Å². The zero-order valence-corrected chi connectivity index (χ0v) is 18.4. The van der Waals surface area contributed by atoms with Crippen LogP contribution in [-0.2, 0) is 27.3 Å². The molecule has 2 heterocycles. The molecule has 1 aliphatic heterocycles. The number of aromatic nitrogens is 3. The van der Waals surface area contributed by atoms with Gasteiger partial charge in [-0.2, -0.15) is 4.68 Å². The van der Waals surface area contributed by atoms with Gasteiger partial charge in [-0.05, 0) is 36.1 Å². The Labute approximate surface area is 194 Å². The number of nitrogens with zero attached hydrogens (tertiary/aromatic N) is 3. The van der Waals surface area contributed by atoms with Gasteiger partial charge in [0.15, 0.2) is 0 Å². The van der Waals surface area contributed by atoms with Crippen molar-refractivity contribution in [3.05, 3.63) is 70.0 Å². The molecule has 2 aromatic carbocycles. The molecule has 4 N–H and O–H groups in total. The van der Waals surface area contributed by atoms with Crippen LogP contribution >= 0.6 is 12.4 Å². The second-order valence-corrected chi connectivity index (χ2v) is 7.67. The number of nitrogens with one attached hydrogen (secondary N) is 2. The summed E-state index contributed by atoms with van der Waals surface area (Å²) in [7, 11) is 0. The smallest absolute Gasteiger partial charge is 0.278 e. The van der Waals surface area contributed by atoms with Crippen molar-refractivity contribution in [3.8, 4) is 0 Å². The fourth-order valence-electron chi connectivity index (χ4n) is 3.61. The number of carbonyl (C=O) groups excluding carboxylic acids is 3. The highest BCUT2D eigenvalue weighted by molar-refractivity contribution is 5.99. The van der Waals surface area contributed by atoms with Crippen LogP contribution in [0.4, 0.5) is 0 Å². The number of piperidine rings is 1. The van der Waals surface area contributed by atoms with Gasteiger partial charge in [0.2, 0.25) is 11.8 Å². The monoisotopic (exact) mass is 470 g/mol. The molecular weight excluding hydrogens is 448 g/mol. The van der Waals surface area contributed by atoms with Gasteiger partial charge in [-0.1, -0.05) is 41.6 Å². The summed E-state index contributed by atoms with van der Waals surface area (Å²) in [6.45, 7) is 0.217. The average molecular weight is 471 g/mol. The minimum Gasteiger partial charge on any atom is -0.351 e. The molecule has 1 saturated heterocycles. The summed E-state index contributed by atoms with van der Waals surface area (Å²) in [5.41, 5.74) is 7.58. The number of halogens is 1. The van der Waals surface area contributed by atoms with Crippen LogP contribution < -0.4 is 21.9 Å². The van der Waals surface area contributed by atoms with Crippen molar-refractivity contribution in [2.45, 2.75) is 37.9 Å². The van der Waals surface area contributed by atoms with Crippen LogP contribution in [0.25, 0.3) is 10.9 Å². The highest BCUT2D eigenvalue weighted by atomic mass is 35.5. The molecule has 3 aromatic rings. The summed E-state index contributed by atoms with van der Waals surface area (Å²) in [6, 6.07) is 12.9. The zero-order chi connectivity index (χ0) is 22.7. The van der Waals surface area contributed by atoms with E-state index in [-0.39, 0.29) is 43.6 Å². The van der Waals surface area contributed by atoms with Crippen molar-refractivity contribution in [1.82, 2.24) is 25.6 Å². The third-order valence-electron chi connectivity index (χ3n) is 5.36. The molecule has 2 atom stereocenters. The Morgan fingerprint density at radius 1 is 1.15 bits per heavy atom. The van der Waals surface area contributed by atoms with Crippen LogP contribution in [0.2, 0.25) is 0 Å². The van der Waals surface area contributed by atoms with Crippen molar-refractivity contribution in [3.63, 3.8) is 0 Å². The molecule has 0 aliphatic carbocycles. The van der Waals surface area contributed by atoms with Crippen molar-refractivity contribution in [1.29, 1.82) is 0 Å². The Morgan fingerprint density at radius 2 is 1.91 bits per heavy atom. The molecule has 33 heavy (non-hydrogen) atoms. The Balaban J connectivity index is 0.00000306. The fraction of sp³-hybridized carbons (Fsp3) is 0.273. The number of amides is 3. The number of hydrogen-bond donors (Lipinski definition) is 3. The minimum absolute atomic E-state index is 0. The van der Waals surface area contributed by atoms with E-state index >= 15 is 0 Å². The van der Waals surface area contributed by atoms with E-state index in [4.69, 9.17) is 5.73 Å². The first-order chi connectivity index (χ1) is 15.4. The van der Waals surface area contributed by atoms with Crippen molar-refractivity contribution in [2.75, 3.05) is 0 Å². The quantitative estimate of drug-likeness (QED) is 0.441. The molecule has 0 radical (unpaired) electrons. The van der Waals surface area contributed by atoms with Crippen LogP contribution in [-0.4, -0.2) is 38.8 Å². The minimum atomic E-state index is -0.873. The number of benzene rings is 2. The Hall–Kier alpha value is -3.63. The van der Waals surface area contributed by atoms with E-state index < -0.39 is 23.6 Å². The Kier molecular flexibility index (Phi) is 7.52. The van der Waals surface area contributed by atoms with Gasteiger partial charge in [0.05, 0.1) is 11.4 Å². The summed E-state index contributed by atoms with van der Waals surface area (Å²) in [6.07, 6.45) is 0.751. The maximum Gasteiger partial charge on any atom is 0.278 e. The van der Waals surface area contributed by atoms with Crippen LogP contribution in [0.1, 0.15) is 30.0 Å². The zero-order valence-electron chi connectivity index (χ0n) is 17.6. The topological polar surface area (TPSA) is 149 Å². The summed E-state index contributed by atoms with van der Waals surface area (Å²) < 4.78 is 1.01. The highest BCUT2D eigenvalue weighted by Crippen LogP contribution is 2.17. The van der Waals surface area contributed by atoms with Gasteiger partial charge >= 0.3 is 0 Å². The molecular formula is C22H23ClN6O4. The second-order valence-electron chi connectivity index (χ2n) is 7.67. The van der Waals surface area contributed by atoms with Gasteiger partial charge in [-0.25, -0.2) is 0 Å². The third kappa shape index (κ3) is 5.41. The number of nitrogens with two attached hydrogens (primary N) is 1. The van der Waals surface area contributed by atoms with Gasteiger partial charge < -0.3 is 11.1 Å². The normalized spacial score (nSPS) is 16.6. The SMILES string of the molecule is Cl.N[C@H](Cc1ccccc1)C(=O)NCc1ccc2c(=O)n(C3CCC(=O)NC3=O)nnc2c1. The van der Waals surface area contributed by atoms with Crippen LogP contribution in [0.5, 0.6) is 0 Å². The number of carbonyl (C=O) groups is 3. The number of rotatable bonds is 6. The van der Waals surface area contributed by atoms with Crippen LogP contribution in [0, 0.1) is 0 Å². The maximum atomic E-state index is 12.8. The summed E-state index contributed by atoms with van der Waals surface area (Å²) in [4.78, 5) is 48.5. The first-order valence-electron chi connectivity index (χ1n) is 10.2. The molecule has 172 valence electrons. The fourth-order valence-corrected chi connectivity index (χ4v) is 3.61. The summed E-state index contributed by atoms with van der Waals surface area (Å²) >= 11 is 0. The van der Waals surface area contributed by atoms with E-state index in [9.17, 15) is 19.2 Å². The Morgan fingerprint density at radius 3 is 2.64 bits per heavy atom. The standard InChI is InChI=1S/C22H22N6O4.ClH/c23-16(10-13-4-2-1-3-5-13)20(30)24-12-14-6-7-15-17(11-14)26-27-28(22(15)32)18-8-9-19(29)25-21(18)31;/h1-7,11,16,18H,8-10,12,23H2,(H,24,30)(H,25,29,31);1H/t16-,18?;/m1./s1. The lowest BCUT2D eigenvalue weighted by atomic mass is 10.1. The first-order valence-corrected chi connectivity index (χ1v) is 10.2. The van der Waals surface area contributed by atoms with Crippen LogP contribution in [0.3, 0.4) is 0 Å². The van der Waals surface area contributed by atoms with E-state index in [0.717, 1.165) is 15.8 Å². The van der Waals surface area contributed by atoms with Gasteiger partial charge in [0, 0.05) is 13.0 Å². The number of imide groups is 1. The summed E-state index contributed by atoms with van der Waals surface area (Å²) in [5, 5.41) is 13.2. The average Bonchev–Trinajstić information content (AvgIpc) is 2.79. The molecule has 1 fully saturated rings. The van der Waals surface area contributed by atoms with Crippen molar-refractivity contribution >= 4 is 41.0 Å². The summed E-state index contributed by atoms with van der Waals surface area (Å²) in [5.74, 6) is -1.22. The molecule has 11 heteroatoms. The van der Waals surface area contributed by atoms with Crippen molar-refractivity contribution < 1.29 is 14.4 Å². The molecule has 0 saturated carbocycles. The molecule has 1 aromatic heterocycles. The van der Waals surface area contributed by atoms with Gasteiger partial charge in [-0.3, -0.25) is 24.5 Å². The molecule has 0 spiro atoms. The third-order valence-corrected chi connectivity index (χ3v) is 5.36. The lowest BCUT2D eigenvalue weighted by molar-refractivity contribution is -0.136. The molecule has 4 rings (SSSR count). The molecule has 0 bridgehead atoms. The number of hydrogen-bond acceptors (Lipinski definition) is 7. The predicted molar refractivity (Wildman–Crippen MR) is 122 cm³/mol. The van der Waals surface area contributed by atoms with E-state index in [1.807, 2.05) is 30.3 Å². The maximum absolute atomic E-state index is 12.8. The van der Waals surface area contributed by atoms with Crippen molar-refractivity contribution in [2.24, 2.45) is 5.73 Å². The largest absolute Gasteiger partial charge is 0.351 e. The lowest BCUT2D eigenvalue weighted by Crippen LogP contribution is -2.45. The van der Waals surface area contributed by atoms with E-state index in [0.29, 0.717) is 17.3 Å². The number of fused-ring (bicyclic) bond motifs is 1. The van der Waals surface area contributed by atoms with E-state index in [1.165, 1.54) is 0 Å². The molecule has 3 amide bonds. The molecule has 1 unspecified atom stereocenters. The second kappa shape index (κ2) is 10.3. The van der Waals surface area contributed by atoms with E-state index in [1.54, 1.807) is 18.2 Å². The lowest BCUT2D eigenvalue weighted by Gasteiger charge is -2.21. The Bertz CT molecular complexity index is 1250. The van der Waals surface area contributed by atoms with Gasteiger partial charge in [-0.15, -0.1) is 17.5 Å². The highest BCUT2D eigenvalue weighted by Gasteiger charge is 2.30. The predicted octanol–water partition coefficient (Wildman–Crippen LogP) is 0.377. The van der Waals surface area contributed by atoms with Gasteiger partial charge in [0.1, 0.15) is 11.6 Å². The molecule has 10 nitrogen and oxygen atoms in total. The van der Waals surface area contributed by atoms with E-state index in [2.05, 4.69) is 20.9 Å². The molecule has 1 aliphatic rings. The first kappa shape index (κ1) is 24.0.